The van der Waals surface area contributed by atoms with Crippen molar-refractivity contribution in [1.29, 1.82) is 0 Å². The van der Waals surface area contributed by atoms with Gasteiger partial charge in [-0.3, -0.25) is 4.79 Å². The lowest BCUT2D eigenvalue weighted by molar-refractivity contribution is -0.116. The van der Waals surface area contributed by atoms with Crippen LogP contribution in [0.5, 0.6) is 0 Å². The van der Waals surface area contributed by atoms with Gasteiger partial charge in [-0.1, -0.05) is 41.4 Å². The molecule has 0 spiro atoms. The van der Waals surface area contributed by atoms with E-state index >= 15 is 0 Å². The molecule has 5 nitrogen and oxygen atoms in total. The van der Waals surface area contributed by atoms with Crippen LogP contribution in [0.2, 0.25) is 10.0 Å². The molecule has 3 aromatic carbocycles. The van der Waals surface area contributed by atoms with Crippen LogP contribution in [0.15, 0.2) is 71.6 Å². The second-order valence-corrected chi connectivity index (χ2v) is 9.28. The number of carbonyl (C=O) groups is 1. The first-order valence-corrected chi connectivity index (χ1v) is 11.1. The smallest absolute Gasteiger partial charge is 0.243 e. The van der Waals surface area contributed by atoms with Gasteiger partial charge >= 0.3 is 0 Å². The first-order valence-electron chi connectivity index (χ1n) is 8.91. The molecule has 0 aromatic heterocycles. The van der Waals surface area contributed by atoms with Gasteiger partial charge in [-0.2, -0.15) is 4.31 Å². The number of nitrogens with zero attached hydrogens (tertiary/aromatic N) is 1. The third-order valence-corrected chi connectivity index (χ3v) is 6.63. The summed E-state index contributed by atoms with van der Waals surface area (Å²) >= 11 is 11.5. The maximum atomic E-state index is 14.2. The fourth-order valence-electron chi connectivity index (χ4n) is 2.73. The summed E-state index contributed by atoms with van der Waals surface area (Å²) in [6.07, 6.45) is 0. The van der Waals surface area contributed by atoms with Crippen molar-refractivity contribution in [2.45, 2.75) is 11.4 Å². The Morgan fingerprint density at radius 3 is 2.26 bits per heavy atom. The van der Waals surface area contributed by atoms with Gasteiger partial charge in [-0.25, -0.2) is 17.2 Å². The molecule has 0 fully saturated rings. The average Bonchev–Trinajstić information content (AvgIpc) is 2.72. The summed E-state index contributed by atoms with van der Waals surface area (Å²) in [7, 11) is -4.17. The minimum absolute atomic E-state index is 0.0951. The minimum Gasteiger partial charge on any atom is -0.325 e. The summed E-state index contributed by atoms with van der Waals surface area (Å²) in [6, 6.07) is 14.6. The summed E-state index contributed by atoms with van der Waals surface area (Å²) < 4.78 is 54.6. The van der Waals surface area contributed by atoms with E-state index in [9.17, 15) is 22.0 Å². The van der Waals surface area contributed by atoms with E-state index in [-0.39, 0.29) is 27.7 Å². The van der Waals surface area contributed by atoms with E-state index in [1.54, 1.807) is 6.07 Å². The van der Waals surface area contributed by atoms with Crippen molar-refractivity contribution in [2.24, 2.45) is 0 Å². The molecular weight excluding hydrogens is 469 g/mol. The normalized spacial score (nSPS) is 11.5. The molecule has 0 atom stereocenters. The van der Waals surface area contributed by atoms with Crippen LogP contribution in [0, 0.1) is 11.6 Å². The van der Waals surface area contributed by atoms with Crippen molar-refractivity contribution in [2.75, 3.05) is 11.9 Å². The molecular formula is C21H16Cl2F2N2O3S. The van der Waals surface area contributed by atoms with Crippen LogP contribution in [0.1, 0.15) is 5.56 Å². The van der Waals surface area contributed by atoms with Gasteiger partial charge in [0.2, 0.25) is 15.9 Å². The Morgan fingerprint density at radius 1 is 0.935 bits per heavy atom. The SMILES string of the molecule is O=C(CN(Cc1ccccc1F)S(=O)(=O)c1ccc(Cl)cc1)Nc1ccc(F)c(Cl)c1. The number of amides is 1. The van der Waals surface area contributed by atoms with Crippen molar-refractivity contribution in [1.82, 2.24) is 4.31 Å². The highest BCUT2D eigenvalue weighted by molar-refractivity contribution is 7.89. The standard InChI is InChI=1S/C21H16Cl2F2N2O3S/c22-15-5-8-17(9-6-15)31(29,30)27(12-14-3-1-2-4-19(14)24)13-21(28)26-16-7-10-20(25)18(23)11-16/h1-11H,12-13H2,(H,26,28). The molecule has 0 bridgehead atoms. The average molecular weight is 485 g/mol. The third-order valence-electron chi connectivity index (χ3n) is 4.28. The molecule has 3 rings (SSSR count). The molecule has 0 unspecified atom stereocenters. The summed E-state index contributed by atoms with van der Waals surface area (Å²) in [6.45, 7) is -0.997. The molecule has 0 aliphatic carbocycles. The van der Waals surface area contributed by atoms with E-state index in [0.29, 0.717) is 5.02 Å². The molecule has 1 amide bonds. The minimum atomic E-state index is -4.17. The largest absolute Gasteiger partial charge is 0.325 e. The van der Waals surface area contributed by atoms with Crippen LogP contribution >= 0.6 is 23.2 Å². The second-order valence-electron chi connectivity index (χ2n) is 6.50. The third kappa shape index (κ3) is 5.80. The Balaban J connectivity index is 1.89. The van der Waals surface area contributed by atoms with E-state index in [1.165, 1.54) is 54.6 Å². The lowest BCUT2D eigenvalue weighted by Gasteiger charge is -2.22. The highest BCUT2D eigenvalue weighted by Gasteiger charge is 2.28. The highest BCUT2D eigenvalue weighted by atomic mass is 35.5. The van der Waals surface area contributed by atoms with Gasteiger partial charge in [-0.15, -0.1) is 0 Å². The van der Waals surface area contributed by atoms with Crippen molar-refractivity contribution in [3.8, 4) is 0 Å². The molecule has 3 aromatic rings. The lowest BCUT2D eigenvalue weighted by atomic mass is 10.2. The van der Waals surface area contributed by atoms with Crippen LogP contribution in [0.3, 0.4) is 0 Å². The van der Waals surface area contributed by atoms with Gasteiger partial charge in [0.1, 0.15) is 11.6 Å². The van der Waals surface area contributed by atoms with Crippen molar-refractivity contribution < 1.29 is 22.0 Å². The number of nitrogens with one attached hydrogen (secondary N) is 1. The first kappa shape index (κ1) is 23.1. The van der Waals surface area contributed by atoms with Crippen molar-refractivity contribution in [3.63, 3.8) is 0 Å². The monoisotopic (exact) mass is 484 g/mol. The molecule has 0 saturated carbocycles. The fourth-order valence-corrected chi connectivity index (χ4v) is 4.41. The number of anilines is 1. The first-order chi connectivity index (χ1) is 14.7. The van der Waals surface area contributed by atoms with Gasteiger partial charge in [-0.05, 0) is 48.5 Å². The Bertz CT molecular complexity index is 1210. The number of hydrogen-bond donors (Lipinski definition) is 1. The number of halogens is 4. The molecule has 0 aliphatic rings. The Hall–Kier alpha value is -2.52. The number of hydrogen-bond acceptors (Lipinski definition) is 3. The summed E-state index contributed by atoms with van der Waals surface area (Å²) in [4.78, 5) is 12.5. The summed E-state index contributed by atoms with van der Waals surface area (Å²) in [5.41, 5.74) is 0.281. The van der Waals surface area contributed by atoms with E-state index < -0.39 is 34.1 Å². The van der Waals surface area contributed by atoms with Crippen LogP contribution in [0.25, 0.3) is 0 Å². The van der Waals surface area contributed by atoms with Crippen LogP contribution < -0.4 is 5.32 Å². The van der Waals surface area contributed by atoms with Crippen molar-refractivity contribution in [3.05, 3.63) is 94.0 Å². The fraction of sp³-hybridized carbons (Fsp3) is 0.0952. The van der Waals surface area contributed by atoms with Gasteiger partial charge in [0.05, 0.1) is 16.5 Å². The summed E-state index contributed by atoms with van der Waals surface area (Å²) in [5, 5.41) is 2.60. The molecule has 162 valence electrons. The topological polar surface area (TPSA) is 66.5 Å². The molecule has 0 aliphatic heterocycles. The number of rotatable bonds is 7. The van der Waals surface area contributed by atoms with E-state index in [1.807, 2.05) is 0 Å². The number of benzene rings is 3. The van der Waals surface area contributed by atoms with Crippen molar-refractivity contribution >= 4 is 44.8 Å². The maximum Gasteiger partial charge on any atom is 0.243 e. The van der Waals surface area contributed by atoms with Gasteiger partial charge in [0, 0.05) is 22.8 Å². The zero-order valence-electron chi connectivity index (χ0n) is 15.9. The molecule has 31 heavy (non-hydrogen) atoms. The van der Waals surface area contributed by atoms with E-state index in [2.05, 4.69) is 5.32 Å². The molecule has 0 heterocycles. The van der Waals surface area contributed by atoms with E-state index in [0.717, 1.165) is 10.4 Å². The summed E-state index contributed by atoms with van der Waals surface area (Å²) in [5.74, 6) is -1.98. The molecule has 0 saturated heterocycles. The Labute approximate surface area is 188 Å². The van der Waals surface area contributed by atoms with Crippen LogP contribution in [-0.4, -0.2) is 25.2 Å². The van der Waals surface area contributed by atoms with Crippen LogP contribution in [0.4, 0.5) is 14.5 Å². The molecule has 1 N–H and O–H groups in total. The van der Waals surface area contributed by atoms with Gasteiger partial charge in [0.25, 0.3) is 0 Å². The molecule has 10 heteroatoms. The van der Waals surface area contributed by atoms with Gasteiger partial charge in [0.15, 0.2) is 0 Å². The zero-order chi connectivity index (χ0) is 22.6. The van der Waals surface area contributed by atoms with E-state index in [4.69, 9.17) is 23.2 Å². The predicted molar refractivity (Wildman–Crippen MR) is 115 cm³/mol. The quantitative estimate of drug-likeness (QED) is 0.507. The Morgan fingerprint density at radius 2 is 1.61 bits per heavy atom. The zero-order valence-corrected chi connectivity index (χ0v) is 18.2. The molecule has 0 radical (unpaired) electrons. The second kappa shape index (κ2) is 9.74. The predicted octanol–water partition coefficient (Wildman–Crippen LogP) is 5.10. The highest BCUT2D eigenvalue weighted by Crippen LogP contribution is 2.23. The Kier molecular flexibility index (Phi) is 7.27. The van der Waals surface area contributed by atoms with Crippen LogP contribution in [-0.2, 0) is 21.4 Å². The number of sulfonamides is 1. The number of carbonyl (C=O) groups excluding carboxylic acids is 1. The maximum absolute atomic E-state index is 14.2. The lowest BCUT2D eigenvalue weighted by Crippen LogP contribution is -2.37. The van der Waals surface area contributed by atoms with Gasteiger partial charge < -0.3 is 5.32 Å².